The van der Waals surface area contributed by atoms with Gasteiger partial charge in [0.1, 0.15) is 11.5 Å². The Bertz CT molecular complexity index is 596. The fourth-order valence-electron chi connectivity index (χ4n) is 1.74. The minimum atomic E-state index is 0.544. The van der Waals surface area contributed by atoms with E-state index in [0.717, 1.165) is 22.3 Å². The molecule has 0 aliphatic rings. The Morgan fingerprint density at radius 2 is 2.14 bits per heavy atom. The number of methoxy groups -OCH3 is 1. The molecule has 1 aromatic carbocycles. The lowest BCUT2D eigenvalue weighted by atomic mass is 10.2. The molecule has 0 saturated carbocycles. The summed E-state index contributed by atoms with van der Waals surface area (Å²) in [5, 5.41) is 3.84. The molecule has 21 heavy (non-hydrogen) atoms. The molecule has 0 spiro atoms. The van der Waals surface area contributed by atoms with E-state index in [4.69, 9.17) is 21.1 Å². The van der Waals surface area contributed by atoms with Crippen molar-refractivity contribution in [1.29, 1.82) is 0 Å². The number of nitrogens with one attached hydrogen (secondary N) is 1. The Morgan fingerprint density at radius 1 is 1.29 bits per heavy atom. The molecule has 0 saturated heterocycles. The van der Waals surface area contributed by atoms with Crippen molar-refractivity contribution in [3.05, 3.63) is 51.7 Å². The van der Waals surface area contributed by atoms with Crippen LogP contribution in [0.4, 0.5) is 0 Å². The molecule has 4 nitrogen and oxygen atoms in total. The summed E-state index contributed by atoms with van der Waals surface area (Å²) in [7, 11) is 1.68. The lowest BCUT2D eigenvalue weighted by molar-refractivity contribution is 0.199. The first kappa shape index (κ1) is 16.2. The van der Waals surface area contributed by atoms with Crippen molar-refractivity contribution in [2.75, 3.05) is 20.3 Å². The summed E-state index contributed by atoms with van der Waals surface area (Å²) in [5.41, 5.74) is 1.05. The number of benzene rings is 1. The Morgan fingerprint density at radius 3 is 2.90 bits per heavy atom. The monoisotopic (exact) mass is 370 g/mol. The normalized spacial score (nSPS) is 10.6. The van der Waals surface area contributed by atoms with Gasteiger partial charge in [-0.25, -0.2) is 0 Å². The van der Waals surface area contributed by atoms with Crippen LogP contribution in [0, 0.1) is 0 Å². The zero-order valence-electron chi connectivity index (χ0n) is 11.6. The average molecular weight is 372 g/mol. The van der Waals surface area contributed by atoms with Crippen molar-refractivity contribution >= 4 is 27.5 Å². The third kappa shape index (κ3) is 5.28. The molecular weight excluding hydrogens is 356 g/mol. The highest BCUT2D eigenvalue weighted by Gasteiger charge is 2.07. The Kier molecular flexibility index (Phi) is 6.45. The molecule has 0 aliphatic carbocycles. The SMILES string of the molecule is COCCNCc1ccc(Br)cc1Oc1cncc(Cl)c1. The standard InChI is InChI=1S/C15H16BrClN2O2/c1-20-5-4-18-8-11-2-3-12(16)6-15(11)21-14-7-13(17)9-19-10-14/h2-3,6-7,9-10,18H,4-5,8H2,1H3. The van der Waals surface area contributed by atoms with Crippen molar-refractivity contribution < 1.29 is 9.47 Å². The van der Waals surface area contributed by atoms with Crippen molar-refractivity contribution in [2.45, 2.75) is 6.54 Å². The topological polar surface area (TPSA) is 43.4 Å². The van der Waals surface area contributed by atoms with Gasteiger partial charge >= 0.3 is 0 Å². The second-order valence-electron chi connectivity index (χ2n) is 4.36. The molecule has 0 radical (unpaired) electrons. The van der Waals surface area contributed by atoms with Crippen molar-refractivity contribution in [3.63, 3.8) is 0 Å². The molecule has 0 amide bonds. The number of pyridine rings is 1. The van der Waals surface area contributed by atoms with Gasteiger partial charge in [0.15, 0.2) is 0 Å². The molecule has 0 fully saturated rings. The quantitative estimate of drug-likeness (QED) is 0.746. The first-order chi connectivity index (χ1) is 10.2. The number of rotatable bonds is 7. The lowest BCUT2D eigenvalue weighted by Crippen LogP contribution is -2.18. The minimum absolute atomic E-state index is 0.544. The number of hydrogen-bond donors (Lipinski definition) is 1. The maximum Gasteiger partial charge on any atom is 0.147 e. The van der Waals surface area contributed by atoms with Crippen molar-refractivity contribution in [2.24, 2.45) is 0 Å². The van der Waals surface area contributed by atoms with Crippen LogP contribution in [0.25, 0.3) is 0 Å². The van der Waals surface area contributed by atoms with Crippen LogP contribution in [0.5, 0.6) is 11.5 Å². The molecule has 1 heterocycles. The second-order valence-corrected chi connectivity index (χ2v) is 5.71. The molecule has 2 rings (SSSR count). The van der Waals surface area contributed by atoms with Crippen LogP contribution in [-0.2, 0) is 11.3 Å². The minimum Gasteiger partial charge on any atom is -0.455 e. The predicted octanol–water partition coefficient (Wildman–Crippen LogP) is 4.03. The number of nitrogens with zero attached hydrogens (tertiary/aromatic N) is 1. The molecule has 0 aliphatic heterocycles. The van der Waals surface area contributed by atoms with Crippen LogP contribution < -0.4 is 10.1 Å². The fraction of sp³-hybridized carbons (Fsp3) is 0.267. The van der Waals surface area contributed by atoms with Gasteiger partial charge in [-0.05, 0) is 12.1 Å². The summed E-state index contributed by atoms with van der Waals surface area (Å²) in [6, 6.07) is 7.65. The zero-order chi connectivity index (χ0) is 15.1. The molecule has 2 aromatic rings. The predicted molar refractivity (Wildman–Crippen MR) is 87.0 cm³/mol. The van der Waals surface area contributed by atoms with Crippen LogP contribution in [0.2, 0.25) is 5.02 Å². The summed E-state index contributed by atoms with van der Waals surface area (Å²) in [4.78, 5) is 4.02. The Balaban J connectivity index is 2.11. The number of halogens is 2. The molecule has 0 bridgehead atoms. The maximum atomic E-state index is 5.92. The van der Waals surface area contributed by atoms with E-state index in [1.807, 2.05) is 18.2 Å². The third-order valence-corrected chi connectivity index (χ3v) is 3.44. The van der Waals surface area contributed by atoms with E-state index in [9.17, 15) is 0 Å². The molecule has 1 aromatic heterocycles. The lowest BCUT2D eigenvalue weighted by Gasteiger charge is -2.12. The third-order valence-electron chi connectivity index (χ3n) is 2.74. The van der Waals surface area contributed by atoms with E-state index >= 15 is 0 Å². The van der Waals surface area contributed by atoms with Gasteiger partial charge in [-0.3, -0.25) is 4.98 Å². The van der Waals surface area contributed by atoms with E-state index in [0.29, 0.717) is 23.9 Å². The zero-order valence-corrected chi connectivity index (χ0v) is 13.9. The van der Waals surface area contributed by atoms with Gasteiger partial charge in [0.2, 0.25) is 0 Å². The van der Waals surface area contributed by atoms with Crippen LogP contribution in [0.15, 0.2) is 41.1 Å². The highest BCUT2D eigenvalue weighted by Crippen LogP contribution is 2.29. The summed E-state index contributed by atoms with van der Waals surface area (Å²) in [5.74, 6) is 1.37. The Hall–Kier alpha value is -1.14. The van der Waals surface area contributed by atoms with Gasteiger partial charge in [-0.1, -0.05) is 33.6 Å². The summed E-state index contributed by atoms with van der Waals surface area (Å²) in [6.07, 6.45) is 3.21. The summed E-state index contributed by atoms with van der Waals surface area (Å²) in [6.45, 7) is 2.15. The van der Waals surface area contributed by atoms with Gasteiger partial charge in [0.25, 0.3) is 0 Å². The summed E-state index contributed by atoms with van der Waals surface area (Å²) < 4.78 is 11.8. The van der Waals surface area contributed by atoms with Gasteiger partial charge in [0.05, 0.1) is 17.8 Å². The van der Waals surface area contributed by atoms with E-state index in [1.54, 1.807) is 25.6 Å². The molecule has 112 valence electrons. The second kappa shape index (κ2) is 8.34. The van der Waals surface area contributed by atoms with Crippen LogP contribution >= 0.6 is 27.5 Å². The van der Waals surface area contributed by atoms with Crippen LogP contribution in [0.3, 0.4) is 0 Å². The van der Waals surface area contributed by atoms with Crippen molar-refractivity contribution in [3.8, 4) is 11.5 Å². The van der Waals surface area contributed by atoms with E-state index in [-0.39, 0.29) is 0 Å². The van der Waals surface area contributed by atoms with Crippen LogP contribution in [-0.4, -0.2) is 25.2 Å². The molecule has 0 unspecified atom stereocenters. The highest BCUT2D eigenvalue weighted by atomic mass is 79.9. The molecule has 1 N–H and O–H groups in total. The van der Waals surface area contributed by atoms with E-state index in [2.05, 4.69) is 26.2 Å². The van der Waals surface area contributed by atoms with Gasteiger partial charge < -0.3 is 14.8 Å². The van der Waals surface area contributed by atoms with Gasteiger partial charge in [0, 0.05) is 42.5 Å². The number of hydrogen-bond acceptors (Lipinski definition) is 4. The fourth-order valence-corrected chi connectivity index (χ4v) is 2.25. The van der Waals surface area contributed by atoms with E-state index in [1.165, 1.54) is 0 Å². The molecule has 0 atom stereocenters. The number of aromatic nitrogens is 1. The van der Waals surface area contributed by atoms with Crippen LogP contribution in [0.1, 0.15) is 5.56 Å². The van der Waals surface area contributed by atoms with Gasteiger partial charge in [-0.15, -0.1) is 0 Å². The molecular formula is C15H16BrClN2O2. The molecule has 6 heteroatoms. The average Bonchev–Trinajstić information content (AvgIpc) is 2.45. The summed E-state index contributed by atoms with van der Waals surface area (Å²) >= 11 is 9.38. The largest absolute Gasteiger partial charge is 0.455 e. The Labute approximate surface area is 137 Å². The highest BCUT2D eigenvalue weighted by molar-refractivity contribution is 9.10. The first-order valence-electron chi connectivity index (χ1n) is 6.45. The van der Waals surface area contributed by atoms with Crippen molar-refractivity contribution in [1.82, 2.24) is 10.3 Å². The maximum absolute atomic E-state index is 5.92. The first-order valence-corrected chi connectivity index (χ1v) is 7.62. The number of ether oxygens (including phenoxy) is 2. The van der Waals surface area contributed by atoms with Gasteiger partial charge in [-0.2, -0.15) is 0 Å². The van der Waals surface area contributed by atoms with E-state index < -0.39 is 0 Å². The smallest absolute Gasteiger partial charge is 0.147 e.